The maximum atomic E-state index is 9.41. The number of nitrogens with two attached hydrogens (primary N) is 1. The molecule has 6 nitrogen and oxygen atoms in total. The minimum absolute atomic E-state index is 0.107. The molecule has 2 heterocycles. The Balaban J connectivity index is 2.51. The fraction of sp³-hybridized carbons (Fsp3) is 0.375. The molecule has 0 radical (unpaired) electrons. The molecule has 0 saturated heterocycles. The molecule has 0 fully saturated rings. The molecule has 0 bridgehead atoms. The van der Waals surface area contributed by atoms with Gasteiger partial charge < -0.3 is 10.8 Å². The summed E-state index contributed by atoms with van der Waals surface area (Å²) >= 11 is 0. The number of aryl methyl sites for hydroxylation is 1. The van der Waals surface area contributed by atoms with E-state index in [-0.39, 0.29) is 6.54 Å². The van der Waals surface area contributed by atoms with Gasteiger partial charge in [-0.25, -0.2) is 9.50 Å². The van der Waals surface area contributed by atoms with E-state index in [2.05, 4.69) is 15.1 Å². The van der Waals surface area contributed by atoms with E-state index in [0.717, 1.165) is 5.56 Å². The molecule has 1 atom stereocenters. The van der Waals surface area contributed by atoms with Gasteiger partial charge in [-0.05, 0) is 12.5 Å². The molecule has 6 heteroatoms. The molecule has 0 saturated carbocycles. The van der Waals surface area contributed by atoms with Crippen LogP contribution in [-0.2, 0) is 0 Å². The fourth-order valence-corrected chi connectivity index (χ4v) is 1.14. The second-order valence-electron chi connectivity index (χ2n) is 3.10. The molecule has 2 aromatic rings. The van der Waals surface area contributed by atoms with E-state index in [1.54, 1.807) is 12.4 Å². The predicted molar refractivity (Wildman–Crippen MR) is 49.5 cm³/mol. The van der Waals surface area contributed by atoms with Crippen LogP contribution >= 0.6 is 0 Å². The topological polar surface area (TPSA) is 89.3 Å². The highest BCUT2D eigenvalue weighted by Gasteiger charge is 2.12. The first-order valence-corrected chi connectivity index (χ1v) is 4.28. The van der Waals surface area contributed by atoms with Gasteiger partial charge >= 0.3 is 0 Å². The first kappa shape index (κ1) is 9.04. The highest BCUT2D eigenvalue weighted by Crippen LogP contribution is 2.07. The van der Waals surface area contributed by atoms with E-state index in [1.807, 2.05) is 6.92 Å². The zero-order valence-electron chi connectivity index (χ0n) is 7.75. The Hall–Kier alpha value is -1.53. The van der Waals surface area contributed by atoms with Crippen molar-refractivity contribution < 1.29 is 5.11 Å². The van der Waals surface area contributed by atoms with Crippen LogP contribution in [0.15, 0.2) is 12.4 Å². The number of aromatic nitrogens is 4. The monoisotopic (exact) mass is 193 g/mol. The lowest BCUT2D eigenvalue weighted by molar-refractivity contribution is 0.177. The average molecular weight is 193 g/mol. The Bertz CT molecular complexity index is 452. The minimum atomic E-state index is -0.822. The van der Waals surface area contributed by atoms with E-state index >= 15 is 0 Å². The number of fused-ring (bicyclic) bond motifs is 1. The van der Waals surface area contributed by atoms with Crippen molar-refractivity contribution in [2.45, 2.75) is 13.0 Å². The van der Waals surface area contributed by atoms with Crippen LogP contribution in [0.3, 0.4) is 0 Å². The van der Waals surface area contributed by atoms with Gasteiger partial charge in [0.1, 0.15) is 6.10 Å². The zero-order chi connectivity index (χ0) is 10.1. The molecule has 3 N–H and O–H groups in total. The van der Waals surface area contributed by atoms with Crippen molar-refractivity contribution in [1.29, 1.82) is 0 Å². The third-order valence-electron chi connectivity index (χ3n) is 1.86. The van der Waals surface area contributed by atoms with Crippen molar-refractivity contribution in [3.63, 3.8) is 0 Å². The second-order valence-corrected chi connectivity index (χ2v) is 3.10. The van der Waals surface area contributed by atoms with Crippen LogP contribution in [0.2, 0.25) is 0 Å². The van der Waals surface area contributed by atoms with Crippen LogP contribution in [0.25, 0.3) is 5.78 Å². The smallest absolute Gasteiger partial charge is 0.252 e. The number of hydrogen-bond acceptors (Lipinski definition) is 5. The summed E-state index contributed by atoms with van der Waals surface area (Å²) in [5.41, 5.74) is 6.28. The van der Waals surface area contributed by atoms with Gasteiger partial charge in [0.25, 0.3) is 5.78 Å². The van der Waals surface area contributed by atoms with Gasteiger partial charge in [-0.3, -0.25) is 0 Å². The summed E-state index contributed by atoms with van der Waals surface area (Å²) in [5.74, 6) is 0.781. The van der Waals surface area contributed by atoms with Crippen molar-refractivity contribution in [1.82, 2.24) is 19.6 Å². The van der Waals surface area contributed by atoms with Gasteiger partial charge in [-0.15, -0.1) is 5.10 Å². The van der Waals surface area contributed by atoms with Crippen molar-refractivity contribution >= 4 is 5.78 Å². The average Bonchev–Trinajstić information content (AvgIpc) is 2.59. The lowest BCUT2D eigenvalue weighted by atomic mass is 10.3. The lowest BCUT2D eigenvalue weighted by Gasteiger charge is -1.98. The molecule has 0 aromatic carbocycles. The van der Waals surface area contributed by atoms with E-state index < -0.39 is 6.10 Å². The van der Waals surface area contributed by atoms with Crippen LogP contribution in [0.5, 0.6) is 0 Å². The van der Waals surface area contributed by atoms with Crippen molar-refractivity contribution in [3.8, 4) is 0 Å². The predicted octanol–water partition coefficient (Wildman–Crippen LogP) is -0.575. The quantitative estimate of drug-likeness (QED) is 0.666. The van der Waals surface area contributed by atoms with Crippen LogP contribution in [0.4, 0.5) is 0 Å². The first-order valence-electron chi connectivity index (χ1n) is 4.28. The maximum Gasteiger partial charge on any atom is 0.252 e. The molecule has 0 amide bonds. The van der Waals surface area contributed by atoms with Gasteiger partial charge in [-0.1, -0.05) is 0 Å². The normalized spacial score (nSPS) is 13.4. The molecule has 1 unspecified atom stereocenters. The molecule has 2 aromatic heterocycles. The Morgan fingerprint density at radius 2 is 2.43 bits per heavy atom. The first-order chi connectivity index (χ1) is 6.70. The number of aliphatic hydroxyl groups is 1. The standard InChI is InChI=1S/C8H11N5O/c1-5-3-10-8-11-7(6(14)2-9)12-13(8)4-5/h3-4,6,14H,2,9H2,1H3. The Morgan fingerprint density at radius 3 is 3.14 bits per heavy atom. The van der Waals surface area contributed by atoms with E-state index in [1.165, 1.54) is 4.52 Å². The van der Waals surface area contributed by atoms with Gasteiger partial charge in [-0.2, -0.15) is 4.98 Å². The van der Waals surface area contributed by atoms with Crippen LogP contribution in [0, 0.1) is 6.92 Å². The van der Waals surface area contributed by atoms with E-state index in [0.29, 0.717) is 11.6 Å². The summed E-state index contributed by atoms with van der Waals surface area (Å²) in [6, 6.07) is 0. The van der Waals surface area contributed by atoms with Crippen molar-refractivity contribution in [3.05, 3.63) is 23.8 Å². The lowest BCUT2D eigenvalue weighted by Crippen LogP contribution is -2.13. The number of nitrogens with zero attached hydrogens (tertiary/aromatic N) is 4. The van der Waals surface area contributed by atoms with Gasteiger partial charge in [0, 0.05) is 18.9 Å². The van der Waals surface area contributed by atoms with E-state index in [9.17, 15) is 5.11 Å². The second kappa shape index (κ2) is 3.32. The van der Waals surface area contributed by atoms with Gasteiger partial charge in [0.15, 0.2) is 5.82 Å². The number of hydrogen-bond donors (Lipinski definition) is 2. The van der Waals surface area contributed by atoms with Crippen molar-refractivity contribution in [2.24, 2.45) is 5.73 Å². The third kappa shape index (κ3) is 1.45. The molecule has 14 heavy (non-hydrogen) atoms. The zero-order valence-corrected chi connectivity index (χ0v) is 7.75. The molecule has 2 rings (SSSR count). The van der Waals surface area contributed by atoms with Crippen LogP contribution in [0.1, 0.15) is 17.5 Å². The molecule has 0 aliphatic heterocycles. The van der Waals surface area contributed by atoms with Gasteiger partial charge in [0.05, 0.1) is 0 Å². The maximum absolute atomic E-state index is 9.41. The highest BCUT2D eigenvalue weighted by atomic mass is 16.3. The fourth-order valence-electron chi connectivity index (χ4n) is 1.14. The molecular formula is C8H11N5O. The third-order valence-corrected chi connectivity index (χ3v) is 1.86. The Kier molecular flexibility index (Phi) is 2.14. The molecule has 0 aliphatic rings. The molecule has 0 aliphatic carbocycles. The summed E-state index contributed by atoms with van der Waals surface area (Å²) in [6.07, 6.45) is 2.67. The molecule has 0 spiro atoms. The summed E-state index contributed by atoms with van der Waals surface area (Å²) in [4.78, 5) is 8.09. The summed E-state index contributed by atoms with van der Waals surface area (Å²) in [5, 5.41) is 13.5. The summed E-state index contributed by atoms with van der Waals surface area (Å²) < 4.78 is 1.53. The largest absolute Gasteiger partial charge is 0.384 e. The molecule has 74 valence electrons. The number of aliphatic hydroxyl groups excluding tert-OH is 1. The van der Waals surface area contributed by atoms with Crippen LogP contribution in [-0.4, -0.2) is 31.2 Å². The van der Waals surface area contributed by atoms with Crippen LogP contribution < -0.4 is 5.73 Å². The SMILES string of the molecule is Cc1cnc2nc(C(O)CN)nn2c1. The molecular weight excluding hydrogens is 182 g/mol. The van der Waals surface area contributed by atoms with E-state index in [4.69, 9.17) is 5.73 Å². The Morgan fingerprint density at radius 1 is 1.64 bits per heavy atom. The Labute approximate surface area is 80.4 Å². The highest BCUT2D eigenvalue weighted by molar-refractivity contribution is 5.27. The summed E-state index contributed by atoms with van der Waals surface area (Å²) in [6.45, 7) is 2.02. The minimum Gasteiger partial charge on any atom is -0.384 e. The van der Waals surface area contributed by atoms with Crippen molar-refractivity contribution in [2.75, 3.05) is 6.54 Å². The summed E-state index contributed by atoms with van der Waals surface area (Å²) in [7, 11) is 0. The number of rotatable bonds is 2. The van der Waals surface area contributed by atoms with Gasteiger partial charge in [0.2, 0.25) is 0 Å².